The van der Waals surface area contributed by atoms with E-state index in [0.717, 1.165) is 25.7 Å². The highest BCUT2D eigenvalue weighted by atomic mass is 16.5. The number of nitrogens with zero attached hydrogens (tertiary/aromatic N) is 1. The van der Waals surface area contributed by atoms with Crippen molar-refractivity contribution in [3.63, 3.8) is 0 Å². The molecule has 0 aliphatic carbocycles. The Hall–Kier alpha value is -2.86. The second-order valence-electron chi connectivity index (χ2n) is 6.43. The van der Waals surface area contributed by atoms with Gasteiger partial charge in [-0.15, -0.1) is 0 Å². The summed E-state index contributed by atoms with van der Waals surface area (Å²) in [4.78, 5) is 27.5. The monoisotopic (exact) mass is 384 g/mol. The molecule has 0 atom stereocenters. The zero-order valence-corrected chi connectivity index (χ0v) is 16.5. The molecule has 6 heteroatoms. The Labute approximate surface area is 166 Å². The van der Waals surface area contributed by atoms with E-state index in [1.54, 1.807) is 62.8 Å². The molecule has 150 valence electrons. The lowest BCUT2D eigenvalue weighted by atomic mass is 10.1. The number of carbonyl (C=O) groups is 2. The highest BCUT2D eigenvalue weighted by molar-refractivity contribution is 6.10. The number of carbonyl (C=O) groups excluding carboxylic acids is 2. The van der Waals surface area contributed by atoms with E-state index in [4.69, 9.17) is 15.2 Å². The van der Waals surface area contributed by atoms with Gasteiger partial charge in [-0.2, -0.15) is 0 Å². The number of amides is 2. The minimum absolute atomic E-state index is 0.342. The summed E-state index contributed by atoms with van der Waals surface area (Å²) in [7, 11) is 3.08. The van der Waals surface area contributed by atoms with Gasteiger partial charge in [0.15, 0.2) is 0 Å². The Morgan fingerprint density at radius 1 is 0.821 bits per heavy atom. The highest BCUT2D eigenvalue weighted by Gasteiger charge is 2.24. The molecule has 2 N–H and O–H groups in total. The van der Waals surface area contributed by atoms with Crippen LogP contribution < -0.4 is 15.2 Å². The van der Waals surface area contributed by atoms with Crippen LogP contribution in [0.4, 0.5) is 0 Å². The zero-order chi connectivity index (χ0) is 20.4. The first-order valence-corrected chi connectivity index (χ1v) is 9.45. The molecule has 6 nitrogen and oxygen atoms in total. The van der Waals surface area contributed by atoms with Crippen LogP contribution in [0.25, 0.3) is 0 Å². The fraction of sp³-hybridized carbons (Fsp3) is 0.364. The second kappa shape index (κ2) is 11.1. The van der Waals surface area contributed by atoms with E-state index >= 15 is 0 Å². The van der Waals surface area contributed by atoms with Gasteiger partial charge in [0.25, 0.3) is 11.8 Å². The van der Waals surface area contributed by atoms with Crippen molar-refractivity contribution in [2.24, 2.45) is 5.73 Å². The third-order valence-electron chi connectivity index (χ3n) is 4.46. The standard InChI is InChI=1S/C22H28N2O4/c1-27-19-11-7-9-17(15-19)21(25)24(14-6-4-3-5-13-23)22(26)18-10-8-12-20(16-18)28-2/h7-12,15-16H,3-6,13-14,23H2,1-2H3. The molecule has 2 amide bonds. The average molecular weight is 384 g/mol. The molecule has 0 aromatic heterocycles. The predicted molar refractivity (Wildman–Crippen MR) is 109 cm³/mol. The molecule has 0 bridgehead atoms. The number of nitrogens with two attached hydrogens (primary N) is 1. The van der Waals surface area contributed by atoms with E-state index in [-0.39, 0.29) is 11.8 Å². The molecule has 0 aliphatic heterocycles. The lowest BCUT2D eigenvalue weighted by molar-refractivity contribution is 0.0612. The van der Waals surface area contributed by atoms with Crippen molar-refractivity contribution < 1.29 is 19.1 Å². The minimum Gasteiger partial charge on any atom is -0.497 e. The number of benzene rings is 2. The molecule has 0 spiro atoms. The maximum absolute atomic E-state index is 13.1. The molecule has 2 rings (SSSR count). The maximum Gasteiger partial charge on any atom is 0.260 e. The topological polar surface area (TPSA) is 81.9 Å². The first-order valence-electron chi connectivity index (χ1n) is 9.45. The smallest absolute Gasteiger partial charge is 0.260 e. The first kappa shape index (κ1) is 21.4. The van der Waals surface area contributed by atoms with Gasteiger partial charge >= 0.3 is 0 Å². The summed E-state index contributed by atoms with van der Waals surface area (Å²) < 4.78 is 10.4. The molecule has 0 unspecified atom stereocenters. The number of hydrogen-bond donors (Lipinski definition) is 1. The van der Waals surface area contributed by atoms with Gasteiger partial charge in [-0.3, -0.25) is 14.5 Å². The van der Waals surface area contributed by atoms with Gasteiger partial charge in [-0.05, 0) is 55.8 Å². The van der Waals surface area contributed by atoms with Crippen molar-refractivity contribution in [3.8, 4) is 11.5 Å². The van der Waals surface area contributed by atoms with Crippen LogP contribution in [0.5, 0.6) is 11.5 Å². The Balaban J connectivity index is 2.24. The van der Waals surface area contributed by atoms with E-state index in [2.05, 4.69) is 0 Å². The van der Waals surface area contributed by atoms with Crippen LogP contribution in [0, 0.1) is 0 Å². The van der Waals surface area contributed by atoms with E-state index in [0.29, 0.717) is 35.7 Å². The molecule has 0 radical (unpaired) electrons. The Morgan fingerprint density at radius 2 is 1.32 bits per heavy atom. The lowest BCUT2D eigenvalue weighted by Gasteiger charge is -2.21. The van der Waals surface area contributed by atoms with Crippen molar-refractivity contribution >= 4 is 11.8 Å². The summed E-state index contributed by atoms with van der Waals surface area (Å²) in [6, 6.07) is 13.7. The zero-order valence-electron chi connectivity index (χ0n) is 16.5. The number of rotatable bonds is 10. The van der Waals surface area contributed by atoms with Gasteiger partial charge in [-0.1, -0.05) is 25.0 Å². The molecule has 0 saturated heterocycles. The summed E-state index contributed by atoms with van der Waals surface area (Å²) in [6.45, 7) is 0.992. The summed E-state index contributed by atoms with van der Waals surface area (Å²) in [5.74, 6) is 0.459. The van der Waals surface area contributed by atoms with E-state index in [9.17, 15) is 9.59 Å². The van der Waals surface area contributed by atoms with Crippen LogP contribution in [0.2, 0.25) is 0 Å². The fourth-order valence-electron chi connectivity index (χ4n) is 2.89. The summed E-state index contributed by atoms with van der Waals surface area (Å²) in [5.41, 5.74) is 6.36. The van der Waals surface area contributed by atoms with Gasteiger partial charge in [0, 0.05) is 17.7 Å². The molecule has 0 heterocycles. The number of methoxy groups -OCH3 is 2. The SMILES string of the molecule is COc1cccc(C(=O)N(CCCCCCN)C(=O)c2cccc(OC)c2)c1. The quantitative estimate of drug-likeness (QED) is 0.501. The second-order valence-corrected chi connectivity index (χ2v) is 6.43. The molecular weight excluding hydrogens is 356 g/mol. The van der Waals surface area contributed by atoms with E-state index < -0.39 is 0 Å². The lowest BCUT2D eigenvalue weighted by Crippen LogP contribution is -2.37. The third-order valence-corrected chi connectivity index (χ3v) is 4.46. The first-order chi connectivity index (χ1) is 13.6. The van der Waals surface area contributed by atoms with Crippen LogP contribution in [-0.2, 0) is 0 Å². The summed E-state index contributed by atoms with van der Waals surface area (Å²) >= 11 is 0. The van der Waals surface area contributed by atoms with Crippen molar-refractivity contribution in [2.45, 2.75) is 25.7 Å². The fourth-order valence-corrected chi connectivity index (χ4v) is 2.89. The van der Waals surface area contributed by atoms with Gasteiger partial charge in [0.1, 0.15) is 11.5 Å². The average Bonchev–Trinajstić information content (AvgIpc) is 2.75. The minimum atomic E-state index is -0.342. The number of ether oxygens (including phenoxy) is 2. The van der Waals surface area contributed by atoms with Crippen molar-refractivity contribution in [1.82, 2.24) is 4.90 Å². The third kappa shape index (κ3) is 5.82. The van der Waals surface area contributed by atoms with Crippen molar-refractivity contribution in [2.75, 3.05) is 27.3 Å². The molecule has 0 fully saturated rings. The maximum atomic E-state index is 13.1. The Morgan fingerprint density at radius 3 is 1.79 bits per heavy atom. The number of imide groups is 1. The molecule has 2 aromatic carbocycles. The van der Waals surface area contributed by atoms with Crippen molar-refractivity contribution in [1.29, 1.82) is 0 Å². The number of unbranched alkanes of at least 4 members (excludes halogenated alkanes) is 3. The van der Waals surface area contributed by atoms with Crippen LogP contribution in [-0.4, -0.2) is 44.0 Å². The summed E-state index contributed by atoms with van der Waals surface area (Å²) in [5, 5.41) is 0. The molecule has 0 saturated carbocycles. The van der Waals surface area contributed by atoms with Gasteiger partial charge in [0.2, 0.25) is 0 Å². The van der Waals surface area contributed by atoms with E-state index in [1.807, 2.05) is 0 Å². The molecule has 28 heavy (non-hydrogen) atoms. The van der Waals surface area contributed by atoms with Crippen LogP contribution >= 0.6 is 0 Å². The van der Waals surface area contributed by atoms with Gasteiger partial charge in [0.05, 0.1) is 14.2 Å². The molecular formula is C22H28N2O4. The normalized spacial score (nSPS) is 10.4. The predicted octanol–water partition coefficient (Wildman–Crippen LogP) is 3.51. The van der Waals surface area contributed by atoms with Crippen LogP contribution in [0.1, 0.15) is 46.4 Å². The van der Waals surface area contributed by atoms with Crippen LogP contribution in [0.15, 0.2) is 48.5 Å². The molecule has 2 aromatic rings. The van der Waals surface area contributed by atoms with Gasteiger partial charge in [-0.25, -0.2) is 0 Å². The van der Waals surface area contributed by atoms with Gasteiger partial charge < -0.3 is 15.2 Å². The Kier molecular flexibility index (Phi) is 8.49. The Bertz CT molecular complexity index is 732. The largest absolute Gasteiger partial charge is 0.497 e. The van der Waals surface area contributed by atoms with Crippen molar-refractivity contribution in [3.05, 3.63) is 59.7 Å². The number of hydrogen-bond acceptors (Lipinski definition) is 5. The van der Waals surface area contributed by atoms with Crippen LogP contribution in [0.3, 0.4) is 0 Å². The summed E-state index contributed by atoms with van der Waals surface area (Å²) in [6.07, 6.45) is 3.55. The van der Waals surface area contributed by atoms with E-state index in [1.165, 1.54) is 4.90 Å². The highest BCUT2D eigenvalue weighted by Crippen LogP contribution is 2.19. The molecule has 0 aliphatic rings.